The highest BCUT2D eigenvalue weighted by Crippen LogP contribution is 2.40. The number of carbonyl (C=O) groups excluding carboxylic acids is 3. The lowest BCUT2D eigenvalue weighted by molar-refractivity contribution is -0.139. The molecule has 0 bridgehead atoms. The van der Waals surface area contributed by atoms with E-state index in [1.54, 1.807) is 4.90 Å². The molecule has 4 heterocycles. The van der Waals surface area contributed by atoms with Gasteiger partial charge >= 0.3 is 0 Å². The summed E-state index contributed by atoms with van der Waals surface area (Å²) in [5, 5.41) is 2.62. The number of nitrogens with zero attached hydrogens (tertiary/aromatic N) is 2. The van der Waals surface area contributed by atoms with Crippen molar-refractivity contribution in [3.8, 4) is 10.4 Å². The van der Waals surface area contributed by atoms with Gasteiger partial charge in [0.15, 0.2) is 5.78 Å². The Balaban J connectivity index is 1.21. The number of rotatable bonds is 6. The van der Waals surface area contributed by atoms with Crippen LogP contribution in [0.15, 0.2) is 30.5 Å². The van der Waals surface area contributed by atoms with E-state index in [0.717, 1.165) is 41.8 Å². The number of thiophene rings is 1. The molecule has 4 atom stereocenters. The number of amides is 2. The zero-order chi connectivity index (χ0) is 24.1. The summed E-state index contributed by atoms with van der Waals surface area (Å²) >= 11 is 7.84. The molecule has 4 aliphatic rings. The van der Waals surface area contributed by atoms with Crippen LogP contribution < -0.4 is 5.32 Å². The first-order valence-electron chi connectivity index (χ1n) is 12.5. The first-order valence-corrected chi connectivity index (χ1v) is 13.7. The Morgan fingerprint density at radius 1 is 1.17 bits per heavy atom. The number of likely N-dealkylation sites (tertiary alicyclic amines) is 1. The van der Waals surface area contributed by atoms with Gasteiger partial charge in [0.25, 0.3) is 5.91 Å². The third-order valence-corrected chi connectivity index (χ3v) is 9.24. The van der Waals surface area contributed by atoms with Gasteiger partial charge in [0.2, 0.25) is 5.91 Å². The van der Waals surface area contributed by atoms with Gasteiger partial charge < -0.3 is 15.0 Å². The molecule has 6 rings (SSSR count). The van der Waals surface area contributed by atoms with E-state index in [1.165, 1.54) is 24.2 Å². The number of hydrogen-bond donors (Lipinski definition) is 1. The van der Waals surface area contributed by atoms with Crippen molar-refractivity contribution >= 4 is 40.5 Å². The van der Waals surface area contributed by atoms with Crippen LogP contribution in [0.3, 0.4) is 0 Å². The minimum absolute atomic E-state index is 0.0156. The van der Waals surface area contributed by atoms with Gasteiger partial charge in [-0.15, -0.1) is 22.9 Å². The van der Waals surface area contributed by atoms with E-state index in [-0.39, 0.29) is 36.7 Å². The lowest BCUT2D eigenvalue weighted by atomic mass is 9.96. The molecule has 0 radical (unpaired) electrons. The van der Waals surface area contributed by atoms with E-state index in [0.29, 0.717) is 10.8 Å². The molecule has 2 amide bonds. The van der Waals surface area contributed by atoms with E-state index < -0.39 is 23.6 Å². The average molecular weight is 514 g/mol. The Morgan fingerprint density at radius 3 is 2.74 bits per heavy atom. The summed E-state index contributed by atoms with van der Waals surface area (Å²) in [4.78, 5) is 47.1. The van der Waals surface area contributed by atoms with Crippen LogP contribution in [-0.4, -0.2) is 64.2 Å². The summed E-state index contributed by atoms with van der Waals surface area (Å²) in [6.45, 7) is 0.243. The lowest BCUT2D eigenvalue weighted by Gasteiger charge is -2.30. The Bertz CT molecular complexity index is 1160. The number of hydrogen-bond acceptors (Lipinski definition) is 6. The van der Waals surface area contributed by atoms with Crippen LogP contribution in [0.1, 0.15) is 59.8 Å². The van der Waals surface area contributed by atoms with Gasteiger partial charge in [0.05, 0.1) is 10.3 Å². The zero-order valence-corrected chi connectivity index (χ0v) is 20.9. The van der Waals surface area contributed by atoms with Crippen LogP contribution in [0, 0.1) is 5.92 Å². The topological polar surface area (TPSA) is 88.6 Å². The molecule has 0 aromatic carbocycles. The summed E-state index contributed by atoms with van der Waals surface area (Å²) in [6.07, 6.45) is 7.56. The maximum absolute atomic E-state index is 13.7. The van der Waals surface area contributed by atoms with E-state index >= 15 is 0 Å². The van der Waals surface area contributed by atoms with Crippen molar-refractivity contribution in [3.05, 3.63) is 41.0 Å². The predicted octanol–water partition coefficient (Wildman–Crippen LogP) is 3.76. The lowest BCUT2D eigenvalue weighted by Crippen LogP contribution is -2.54. The smallest absolute Gasteiger partial charge is 0.262 e. The average Bonchev–Trinajstić information content (AvgIpc) is 3.25. The van der Waals surface area contributed by atoms with Gasteiger partial charge in [-0.1, -0.05) is 12.8 Å². The summed E-state index contributed by atoms with van der Waals surface area (Å²) < 4.78 is 5.54. The molecule has 2 saturated heterocycles. The second kappa shape index (κ2) is 9.30. The predicted molar refractivity (Wildman–Crippen MR) is 133 cm³/mol. The monoisotopic (exact) mass is 513 g/mol. The highest BCUT2D eigenvalue weighted by molar-refractivity contribution is 7.17. The molecular weight excluding hydrogens is 486 g/mol. The number of alkyl halides is 1. The Morgan fingerprint density at radius 2 is 1.97 bits per heavy atom. The molecule has 9 heteroatoms. The van der Waals surface area contributed by atoms with Crippen LogP contribution in [0.5, 0.6) is 0 Å². The minimum Gasteiger partial charge on any atom is -0.366 e. The van der Waals surface area contributed by atoms with Crippen LogP contribution in [0.2, 0.25) is 0 Å². The third-order valence-electron chi connectivity index (χ3n) is 7.72. The van der Waals surface area contributed by atoms with Gasteiger partial charge in [-0.3, -0.25) is 19.4 Å². The van der Waals surface area contributed by atoms with Crippen molar-refractivity contribution in [2.75, 3.05) is 13.2 Å². The molecule has 184 valence electrons. The molecule has 35 heavy (non-hydrogen) atoms. The van der Waals surface area contributed by atoms with Gasteiger partial charge in [0.1, 0.15) is 24.8 Å². The van der Waals surface area contributed by atoms with Gasteiger partial charge in [-0.2, -0.15) is 0 Å². The number of nitrogens with one attached hydrogen (secondary N) is 1. The van der Waals surface area contributed by atoms with Crippen LogP contribution >= 0.6 is 22.9 Å². The normalized spacial score (nSPS) is 27.3. The Kier molecular flexibility index (Phi) is 6.15. The molecule has 2 aliphatic heterocycles. The molecule has 0 spiro atoms. The van der Waals surface area contributed by atoms with E-state index in [2.05, 4.69) is 16.4 Å². The molecule has 2 saturated carbocycles. The van der Waals surface area contributed by atoms with Gasteiger partial charge in [-0.05, 0) is 61.4 Å². The van der Waals surface area contributed by atoms with Crippen LogP contribution in [0.25, 0.3) is 10.4 Å². The van der Waals surface area contributed by atoms with E-state index in [4.69, 9.17) is 16.3 Å². The Hall–Kier alpha value is -2.29. The fourth-order valence-corrected chi connectivity index (χ4v) is 6.97. The first kappa shape index (κ1) is 23.1. The number of ketones is 1. The van der Waals surface area contributed by atoms with Crippen molar-refractivity contribution in [2.24, 2.45) is 5.92 Å². The van der Waals surface area contributed by atoms with Crippen LogP contribution in [-0.2, 0) is 14.3 Å². The molecule has 2 aromatic rings. The summed E-state index contributed by atoms with van der Waals surface area (Å²) in [5.41, 5.74) is 2.17. The highest BCUT2D eigenvalue weighted by Gasteiger charge is 2.53. The summed E-state index contributed by atoms with van der Waals surface area (Å²) in [6, 6.07) is 6.54. The number of carbonyl (C=O) groups is 3. The molecule has 4 fully saturated rings. The number of fused-ring (bicyclic) bond motifs is 1. The van der Waals surface area contributed by atoms with Crippen molar-refractivity contribution in [1.29, 1.82) is 0 Å². The third kappa shape index (κ3) is 4.41. The highest BCUT2D eigenvalue weighted by atomic mass is 35.5. The SMILES string of the molecule is O=C(NC(C(=O)N1CC(Cl)C2OCC(=O)C21)C1CCCC1)c1ccc(-c2ccnc(C3CC3)c2)s1. The standard InChI is InChI=1S/C26H28ClN3O4S/c27-17-12-30(23-19(31)13-34-24(17)23)26(33)22(15-3-1-2-4-15)29-25(32)21-8-7-20(35-21)16-9-10-28-18(11-16)14-5-6-14/h7-11,14-15,17,22-24H,1-6,12-13H2,(H,29,32). The number of aromatic nitrogens is 1. The van der Waals surface area contributed by atoms with Crippen molar-refractivity contribution in [3.63, 3.8) is 0 Å². The molecule has 2 aromatic heterocycles. The summed E-state index contributed by atoms with van der Waals surface area (Å²) in [7, 11) is 0. The molecule has 1 N–H and O–H groups in total. The largest absolute Gasteiger partial charge is 0.366 e. The van der Waals surface area contributed by atoms with Crippen molar-refractivity contribution < 1.29 is 19.1 Å². The molecule has 4 unspecified atom stereocenters. The van der Waals surface area contributed by atoms with Crippen molar-refractivity contribution in [2.45, 2.75) is 68.0 Å². The summed E-state index contributed by atoms with van der Waals surface area (Å²) in [5.74, 6) is 0.0226. The van der Waals surface area contributed by atoms with Gasteiger partial charge in [-0.25, -0.2) is 0 Å². The van der Waals surface area contributed by atoms with Crippen LogP contribution in [0.4, 0.5) is 0 Å². The molecule has 7 nitrogen and oxygen atoms in total. The van der Waals surface area contributed by atoms with Gasteiger partial charge in [0, 0.05) is 29.2 Å². The second-order valence-corrected chi connectivity index (χ2v) is 11.7. The number of pyridine rings is 1. The number of Topliss-reactive ketones (excluding diaryl/α,β-unsaturated/α-hetero) is 1. The van der Waals surface area contributed by atoms with E-state index in [1.807, 2.05) is 24.4 Å². The first-order chi connectivity index (χ1) is 17.0. The molecular formula is C26H28ClN3O4S. The number of ether oxygens (including phenoxy) is 1. The fourth-order valence-electron chi connectivity index (χ4n) is 5.71. The minimum atomic E-state index is -0.672. The van der Waals surface area contributed by atoms with Crippen molar-refractivity contribution in [1.82, 2.24) is 15.2 Å². The Labute approximate surface area is 213 Å². The molecule has 2 aliphatic carbocycles. The fraction of sp³-hybridized carbons (Fsp3) is 0.538. The quantitative estimate of drug-likeness (QED) is 0.594. The maximum atomic E-state index is 13.7. The second-order valence-electron chi connectivity index (χ2n) is 10.1. The zero-order valence-electron chi connectivity index (χ0n) is 19.3. The number of halogens is 1. The maximum Gasteiger partial charge on any atom is 0.262 e. The van der Waals surface area contributed by atoms with E-state index in [9.17, 15) is 14.4 Å².